The van der Waals surface area contributed by atoms with Gasteiger partial charge in [-0.1, -0.05) is 32.0 Å². The third kappa shape index (κ3) is 8.79. The Morgan fingerprint density at radius 2 is 1.57 bits per heavy atom. The average molecular weight is 535 g/mol. The van der Waals surface area contributed by atoms with Gasteiger partial charge in [0.15, 0.2) is 0 Å². The van der Waals surface area contributed by atoms with Crippen LogP contribution in [0.15, 0.2) is 30.5 Å². The first kappa shape index (κ1) is 29.6. The zero-order valence-electron chi connectivity index (χ0n) is 20.7. The van der Waals surface area contributed by atoms with E-state index >= 15 is 0 Å². The first-order valence-electron chi connectivity index (χ1n) is 11.8. The van der Waals surface area contributed by atoms with Crippen LogP contribution in [0.4, 0.5) is 0 Å². The normalized spacial score (nSPS) is 14.4. The molecule has 9 N–H and O–H groups in total. The number of aliphatic carboxylic acids is 1. The van der Waals surface area contributed by atoms with Crippen LogP contribution in [0.5, 0.6) is 0 Å². The third-order valence-electron chi connectivity index (χ3n) is 5.63. The molecule has 13 heteroatoms. The van der Waals surface area contributed by atoms with Crippen molar-refractivity contribution in [3.63, 3.8) is 0 Å². The molecule has 4 amide bonds. The molecule has 0 saturated heterocycles. The molecular weight excluding hydrogens is 500 g/mol. The number of aromatic nitrogens is 1. The number of carboxylic acid groups (broad SMARTS) is 1. The van der Waals surface area contributed by atoms with Crippen molar-refractivity contribution in [2.24, 2.45) is 17.4 Å². The number of aromatic amines is 1. The van der Waals surface area contributed by atoms with E-state index in [1.807, 2.05) is 38.1 Å². The largest absolute Gasteiger partial charge is 0.480 e. The summed E-state index contributed by atoms with van der Waals surface area (Å²) in [6.07, 6.45) is 1.45. The van der Waals surface area contributed by atoms with Crippen molar-refractivity contribution in [1.82, 2.24) is 20.9 Å². The minimum absolute atomic E-state index is 0.00933. The summed E-state index contributed by atoms with van der Waals surface area (Å²) in [5, 5.41) is 17.6. The van der Waals surface area contributed by atoms with E-state index in [0.29, 0.717) is 12.0 Å². The minimum atomic E-state index is -1.58. The van der Waals surface area contributed by atoms with Gasteiger partial charge in [-0.3, -0.25) is 19.2 Å². The van der Waals surface area contributed by atoms with Gasteiger partial charge in [0.25, 0.3) is 0 Å². The minimum Gasteiger partial charge on any atom is -0.480 e. The van der Waals surface area contributed by atoms with Crippen LogP contribution in [-0.2, 0) is 30.4 Å². The van der Waals surface area contributed by atoms with Crippen LogP contribution in [0, 0.1) is 5.92 Å². The topological polar surface area (TPSA) is 209 Å². The fourth-order valence-corrected chi connectivity index (χ4v) is 4.02. The number of benzene rings is 1. The third-order valence-corrected chi connectivity index (χ3v) is 5.99. The van der Waals surface area contributed by atoms with Gasteiger partial charge in [0.1, 0.15) is 18.1 Å². The van der Waals surface area contributed by atoms with Gasteiger partial charge in [-0.05, 0) is 24.0 Å². The standard InChI is InChI=1S/C24H34N6O6S/c1-12(2)7-15(25)21(32)30-19(11-37)23(34)28-17(22(33)29-18(24(35)36)9-20(26)31)8-13-10-27-16-6-4-3-5-14(13)16/h3-6,10,12,15,17-19,27,37H,7-9,11,25H2,1-2H3,(H2,26,31)(H,28,34)(H,29,33)(H,30,32)(H,35,36). The molecule has 0 fully saturated rings. The zero-order valence-corrected chi connectivity index (χ0v) is 21.6. The molecule has 37 heavy (non-hydrogen) atoms. The van der Waals surface area contributed by atoms with Gasteiger partial charge in [-0.2, -0.15) is 12.6 Å². The Kier molecular flexibility index (Phi) is 10.9. The monoisotopic (exact) mass is 534 g/mol. The lowest BCUT2D eigenvalue weighted by Gasteiger charge is -2.24. The number of thiol groups is 1. The summed E-state index contributed by atoms with van der Waals surface area (Å²) in [4.78, 5) is 64.5. The van der Waals surface area contributed by atoms with Crippen LogP contribution in [0.3, 0.4) is 0 Å². The Hall–Kier alpha value is -3.58. The SMILES string of the molecule is CC(C)CC(N)C(=O)NC(CS)C(=O)NC(Cc1c[nH]c2ccccc12)C(=O)NC(CC(N)=O)C(=O)O. The number of hydrogen-bond acceptors (Lipinski definition) is 7. The van der Waals surface area contributed by atoms with Gasteiger partial charge in [0.05, 0.1) is 12.5 Å². The summed E-state index contributed by atoms with van der Waals surface area (Å²) >= 11 is 4.15. The van der Waals surface area contributed by atoms with Crippen LogP contribution >= 0.6 is 12.6 Å². The summed E-state index contributed by atoms with van der Waals surface area (Å²) in [6.45, 7) is 3.82. The van der Waals surface area contributed by atoms with Crippen LogP contribution in [-0.4, -0.2) is 69.6 Å². The first-order valence-corrected chi connectivity index (χ1v) is 12.4. The van der Waals surface area contributed by atoms with E-state index in [-0.39, 0.29) is 18.1 Å². The number of primary amides is 1. The highest BCUT2D eigenvalue weighted by Crippen LogP contribution is 2.19. The van der Waals surface area contributed by atoms with Crippen molar-refractivity contribution < 1.29 is 29.1 Å². The molecule has 2 aromatic rings. The second-order valence-corrected chi connectivity index (χ2v) is 9.54. The van der Waals surface area contributed by atoms with Crippen LogP contribution in [0.2, 0.25) is 0 Å². The van der Waals surface area contributed by atoms with Crippen molar-refractivity contribution in [2.75, 3.05) is 5.75 Å². The van der Waals surface area contributed by atoms with E-state index in [0.717, 1.165) is 10.9 Å². The molecule has 0 radical (unpaired) electrons. The Morgan fingerprint density at radius 3 is 2.16 bits per heavy atom. The number of nitrogens with one attached hydrogen (secondary N) is 4. The number of para-hydroxylation sites is 1. The Morgan fingerprint density at radius 1 is 0.973 bits per heavy atom. The molecule has 1 heterocycles. The number of rotatable bonds is 14. The van der Waals surface area contributed by atoms with E-state index in [1.165, 1.54) is 0 Å². The highest BCUT2D eigenvalue weighted by Gasteiger charge is 2.31. The molecule has 0 aliphatic heterocycles. The molecule has 202 valence electrons. The van der Waals surface area contributed by atoms with Gasteiger partial charge in [-0.15, -0.1) is 0 Å². The molecule has 0 bridgehead atoms. The lowest BCUT2D eigenvalue weighted by molar-refractivity contribution is -0.143. The second kappa shape index (κ2) is 13.7. The van der Waals surface area contributed by atoms with Crippen LogP contribution in [0.25, 0.3) is 10.9 Å². The van der Waals surface area contributed by atoms with E-state index in [2.05, 4.69) is 33.6 Å². The molecular formula is C24H34N6O6S. The number of nitrogens with two attached hydrogens (primary N) is 2. The van der Waals surface area contributed by atoms with Crippen LogP contribution in [0.1, 0.15) is 32.3 Å². The second-order valence-electron chi connectivity index (χ2n) is 9.17. The van der Waals surface area contributed by atoms with Gasteiger partial charge in [0, 0.05) is 29.3 Å². The highest BCUT2D eigenvalue weighted by molar-refractivity contribution is 7.80. The molecule has 0 aliphatic carbocycles. The number of amides is 4. The smallest absolute Gasteiger partial charge is 0.326 e. The first-order chi connectivity index (χ1) is 17.4. The lowest BCUT2D eigenvalue weighted by Crippen LogP contribution is -2.58. The molecule has 0 spiro atoms. The Labute approximate surface area is 219 Å². The number of fused-ring (bicyclic) bond motifs is 1. The van der Waals surface area contributed by atoms with E-state index in [4.69, 9.17) is 11.5 Å². The van der Waals surface area contributed by atoms with Crippen LogP contribution < -0.4 is 27.4 Å². The molecule has 0 aliphatic rings. The molecule has 1 aromatic carbocycles. The molecule has 0 saturated carbocycles. The summed E-state index contributed by atoms with van der Waals surface area (Å²) in [6, 6.07) is 2.56. The lowest BCUT2D eigenvalue weighted by atomic mass is 10.0. The highest BCUT2D eigenvalue weighted by atomic mass is 32.1. The number of carbonyl (C=O) groups excluding carboxylic acids is 4. The van der Waals surface area contributed by atoms with Crippen molar-refractivity contribution in [1.29, 1.82) is 0 Å². The van der Waals surface area contributed by atoms with E-state index in [9.17, 15) is 29.1 Å². The predicted molar refractivity (Wildman–Crippen MR) is 141 cm³/mol. The summed E-state index contributed by atoms with van der Waals surface area (Å²) < 4.78 is 0. The van der Waals surface area contributed by atoms with Gasteiger partial charge in [0.2, 0.25) is 23.6 Å². The predicted octanol–water partition coefficient (Wildman–Crippen LogP) is -0.572. The van der Waals surface area contributed by atoms with Crippen molar-refractivity contribution >= 4 is 53.1 Å². The number of H-pyrrole nitrogens is 1. The number of carbonyl (C=O) groups is 5. The van der Waals surface area contributed by atoms with E-state index < -0.39 is 60.2 Å². The summed E-state index contributed by atoms with van der Waals surface area (Å²) in [5.41, 5.74) is 12.5. The van der Waals surface area contributed by atoms with Crippen molar-refractivity contribution in [2.45, 2.75) is 57.3 Å². The fraction of sp³-hybridized carbons (Fsp3) is 0.458. The van der Waals surface area contributed by atoms with Gasteiger partial charge in [-0.25, -0.2) is 4.79 Å². The molecule has 1 aromatic heterocycles. The summed E-state index contributed by atoms with van der Waals surface area (Å²) in [7, 11) is 0. The quantitative estimate of drug-likeness (QED) is 0.148. The molecule has 4 unspecified atom stereocenters. The van der Waals surface area contributed by atoms with Gasteiger partial charge < -0.3 is 37.5 Å². The maximum atomic E-state index is 13.1. The molecule has 4 atom stereocenters. The number of carboxylic acids is 1. The van der Waals surface area contributed by atoms with Gasteiger partial charge >= 0.3 is 5.97 Å². The Balaban J connectivity index is 2.26. The van der Waals surface area contributed by atoms with Crippen molar-refractivity contribution in [3.05, 3.63) is 36.0 Å². The molecule has 2 rings (SSSR count). The summed E-state index contributed by atoms with van der Waals surface area (Å²) in [5.74, 6) is -4.37. The molecule has 12 nitrogen and oxygen atoms in total. The maximum Gasteiger partial charge on any atom is 0.326 e. The fourth-order valence-electron chi connectivity index (χ4n) is 3.76. The number of hydrogen-bond donors (Lipinski definition) is 8. The van der Waals surface area contributed by atoms with E-state index in [1.54, 1.807) is 6.20 Å². The average Bonchev–Trinajstić information content (AvgIpc) is 3.23. The Bertz CT molecular complexity index is 1140. The van der Waals surface area contributed by atoms with Crippen molar-refractivity contribution in [3.8, 4) is 0 Å². The maximum absolute atomic E-state index is 13.1. The zero-order chi connectivity index (χ0) is 27.7.